The molecule has 0 amide bonds. The second-order valence-corrected chi connectivity index (χ2v) is 9.28. The molecule has 0 aromatic carbocycles. The Morgan fingerprint density at radius 2 is 1.96 bits per heavy atom. The van der Waals surface area contributed by atoms with Crippen molar-refractivity contribution in [3.63, 3.8) is 0 Å². The van der Waals surface area contributed by atoms with E-state index in [0.29, 0.717) is 18.3 Å². The van der Waals surface area contributed by atoms with Gasteiger partial charge in [-0.05, 0) is 50.9 Å². The number of ketones is 1. The molecule has 0 radical (unpaired) electrons. The van der Waals surface area contributed by atoms with Crippen LogP contribution in [0, 0.1) is 23.7 Å². The molecule has 9 atom stereocenters. The maximum atomic E-state index is 11.6. The lowest BCUT2D eigenvalue weighted by Crippen LogP contribution is -2.70. The van der Waals surface area contributed by atoms with Crippen molar-refractivity contribution in [2.45, 2.75) is 89.7 Å². The smallest absolute Gasteiger partial charge is 0.201 e. The van der Waals surface area contributed by atoms with E-state index in [1.807, 2.05) is 6.92 Å². The molecule has 4 saturated heterocycles. The summed E-state index contributed by atoms with van der Waals surface area (Å²) < 4.78 is 12.7. The summed E-state index contributed by atoms with van der Waals surface area (Å²) in [6.45, 7) is 11.5. The number of aliphatic hydroxyl groups is 1. The molecule has 5 aliphatic rings. The predicted octanol–water partition coefficient (Wildman–Crippen LogP) is 3.13. The van der Waals surface area contributed by atoms with Crippen molar-refractivity contribution in [1.82, 2.24) is 0 Å². The van der Waals surface area contributed by atoms with Gasteiger partial charge in [0, 0.05) is 24.3 Å². The fraction of sp³-hybridized carbons (Fsp3) is 0.857. The average molecular weight is 380 g/mol. The molecule has 6 heteroatoms. The predicted molar refractivity (Wildman–Crippen MR) is 97.3 cm³/mol. The van der Waals surface area contributed by atoms with E-state index in [2.05, 4.69) is 20.4 Å². The van der Waals surface area contributed by atoms with Crippen LogP contribution in [0.3, 0.4) is 0 Å². The zero-order valence-electron chi connectivity index (χ0n) is 16.8. The van der Waals surface area contributed by atoms with Crippen molar-refractivity contribution >= 4 is 5.78 Å². The van der Waals surface area contributed by atoms with E-state index in [9.17, 15) is 9.90 Å². The average Bonchev–Trinajstić information content (AvgIpc) is 2.84. The minimum atomic E-state index is -0.905. The van der Waals surface area contributed by atoms with Crippen LogP contribution >= 0.6 is 0 Å². The van der Waals surface area contributed by atoms with Gasteiger partial charge in [-0.15, -0.1) is 0 Å². The Kier molecular flexibility index (Phi) is 4.79. The maximum Gasteiger partial charge on any atom is 0.201 e. The lowest BCUT2D eigenvalue weighted by atomic mass is 9.57. The van der Waals surface area contributed by atoms with Crippen LogP contribution in [0.5, 0.6) is 0 Å². The van der Waals surface area contributed by atoms with Crippen molar-refractivity contribution in [3.05, 3.63) is 12.2 Å². The highest BCUT2D eigenvalue weighted by Gasteiger charge is 2.69. The molecule has 4 heterocycles. The second-order valence-electron chi connectivity index (χ2n) is 9.28. The SMILES string of the molecule is C=C(C(C)=O)[C@H](O)C[C@H]1O[C@@H]2O[C@@]3(C)CC[C@H]4[C@H](C)CC[C@@H]([C@H]1C)[C@@]24OO3. The van der Waals surface area contributed by atoms with Crippen LogP contribution in [-0.2, 0) is 24.0 Å². The Balaban J connectivity index is 1.64. The molecule has 152 valence electrons. The van der Waals surface area contributed by atoms with E-state index < -0.39 is 23.8 Å². The van der Waals surface area contributed by atoms with Gasteiger partial charge in [-0.3, -0.25) is 4.79 Å². The summed E-state index contributed by atoms with van der Waals surface area (Å²) in [5.74, 6) is 0.230. The standard InChI is InChI=1S/C21H32O6/c1-11-6-7-16-13(3)18(10-17(23)12(2)14(4)22)24-19-21(16)15(11)8-9-20(5,25-19)26-27-21/h11,13,15-19,23H,2,6-10H2,1,3-5H3/t11-,13-,15+,16+,17-,18-,19-,20-,21-/m1/s1. The molecule has 2 bridgehead atoms. The molecule has 5 fully saturated rings. The summed E-state index contributed by atoms with van der Waals surface area (Å²) >= 11 is 0. The van der Waals surface area contributed by atoms with Crippen molar-refractivity contribution in [2.75, 3.05) is 0 Å². The molecule has 27 heavy (non-hydrogen) atoms. The number of aliphatic hydroxyl groups excluding tert-OH is 1. The fourth-order valence-corrected chi connectivity index (χ4v) is 5.85. The number of hydrogen-bond acceptors (Lipinski definition) is 6. The molecule has 1 spiro atoms. The van der Waals surface area contributed by atoms with Gasteiger partial charge >= 0.3 is 0 Å². The van der Waals surface area contributed by atoms with E-state index >= 15 is 0 Å². The Morgan fingerprint density at radius 1 is 1.22 bits per heavy atom. The molecule has 0 unspecified atom stereocenters. The number of carbonyl (C=O) groups excluding carboxylic acids is 1. The first-order valence-corrected chi connectivity index (χ1v) is 10.3. The minimum Gasteiger partial charge on any atom is -0.388 e. The molecule has 1 N–H and O–H groups in total. The van der Waals surface area contributed by atoms with Crippen molar-refractivity contribution in [1.29, 1.82) is 0 Å². The van der Waals surface area contributed by atoms with Crippen LogP contribution in [0.4, 0.5) is 0 Å². The highest BCUT2D eigenvalue weighted by Crippen LogP contribution is 2.60. The monoisotopic (exact) mass is 380 g/mol. The Labute approximate surface area is 161 Å². The van der Waals surface area contributed by atoms with Gasteiger partial charge in [0.05, 0.1) is 12.2 Å². The molecular formula is C21H32O6. The van der Waals surface area contributed by atoms with Gasteiger partial charge in [-0.2, -0.15) is 0 Å². The molecule has 5 rings (SSSR count). The van der Waals surface area contributed by atoms with Crippen molar-refractivity contribution in [2.24, 2.45) is 23.7 Å². The lowest BCUT2D eigenvalue weighted by molar-refractivity contribution is -0.571. The van der Waals surface area contributed by atoms with Crippen molar-refractivity contribution < 1.29 is 29.1 Å². The zero-order valence-corrected chi connectivity index (χ0v) is 16.8. The van der Waals surface area contributed by atoms with Gasteiger partial charge in [-0.1, -0.05) is 20.4 Å². The largest absolute Gasteiger partial charge is 0.388 e. The summed E-state index contributed by atoms with van der Waals surface area (Å²) in [5.41, 5.74) is -0.359. The van der Waals surface area contributed by atoms with Crippen LogP contribution < -0.4 is 0 Å². The van der Waals surface area contributed by atoms with E-state index in [4.69, 9.17) is 19.2 Å². The van der Waals surface area contributed by atoms with Gasteiger partial charge < -0.3 is 14.6 Å². The van der Waals surface area contributed by atoms with E-state index in [1.165, 1.54) is 6.92 Å². The number of carbonyl (C=O) groups is 1. The summed E-state index contributed by atoms with van der Waals surface area (Å²) in [4.78, 5) is 23.5. The Morgan fingerprint density at radius 3 is 2.67 bits per heavy atom. The van der Waals surface area contributed by atoms with Crippen LogP contribution in [0.25, 0.3) is 0 Å². The first-order valence-electron chi connectivity index (χ1n) is 10.3. The molecule has 6 nitrogen and oxygen atoms in total. The van der Waals surface area contributed by atoms with E-state index in [1.54, 1.807) is 0 Å². The summed E-state index contributed by atoms with van der Waals surface area (Å²) in [5, 5.41) is 10.5. The van der Waals surface area contributed by atoms with Crippen LogP contribution in [0.1, 0.15) is 59.8 Å². The molecule has 1 saturated carbocycles. The Bertz CT molecular complexity index is 634. The number of rotatable bonds is 4. The quantitative estimate of drug-likeness (QED) is 0.597. The summed E-state index contributed by atoms with van der Waals surface area (Å²) in [6.07, 6.45) is 2.62. The number of ether oxygens (including phenoxy) is 2. The van der Waals surface area contributed by atoms with Gasteiger partial charge in [0.25, 0.3) is 0 Å². The molecule has 4 aliphatic heterocycles. The first kappa shape index (κ1) is 19.5. The number of Topliss-reactive ketones (excluding diaryl/α,β-unsaturated/α-hetero) is 1. The third kappa shape index (κ3) is 2.92. The minimum absolute atomic E-state index is 0.153. The van der Waals surface area contributed by atoms with Crippen LogP contribution in [0.15, 0.2) is 12.2 Å². The molecule has 0 aromatic heterocycles. The van der Waals surface area contributed by atoms with E-state index in [-0.39, 0.29) is 29.3 Å². The van der Waals surface area contributed by atoms with Crippen LogP contribution in [0.2, 0.25) is 0 Å². The van der Waals surface area contributed by atoms with Gasteiger partial charge in [-0.25, -0.2) is 9.78 Å². The Hall–Kier alpha value is -0.790. The first-order chi connectivity index (χ1) is 12.7. The van der Waals surface area contributed by atoms with Crippen LogP contribution in [-0.4, -0.2) is 40.8 Å². The highest BCUT2D eigenvalue weighted by atomic mass is 17.3. The second kappa shape index (κ2) is 6.63. The normalized spacial score (nSPS) is 49.8. The molecular weight excluding hydrogens is 348 g/mol. The number of hydrogen-bond donors (Lipinski definition) is 1. The van der Waals surface area contributed by atoms with Gasteiger partial charge in [0.1, 0.15) is 0 Å². The third-order valence-electron chi connectivity index (χ3n) is 7.60. The zero-order chi connectivity index (χ0) is 19.6. The molecule has 0 aromatic rings. The fourth-order valence-electron chi connectivity index (χ4n) is 5.85. The van der Waals surface area contributed by atoms with Gasteiger partial charge in [0.15, 0.2) is 17.7 Å². The molecule has 1 aliphatic carbocycles. The summed E-state index contributed by atoms with van der Waals surface area (Å²) in [7, 11) is 0. The van der Waals surface area contributed by atoms with Crippen molar-refractivity contribution in [3.8, 4) is 0 Å². The third-order valence-corrected chi connectivity index (χ3v) is 7.60. The highest BCUT2D eigenvalue weighted by molar-refractivity contribution is 5.93. The summed E-state index contributed by atoms with van der Waals surface area (Å²) in [6, 6.07) is 0. The topological polar surface area (TPSA) is 74.2 Å². The number of fused-ring (bicyclic) bond motifs is 2. The lowest BCUT2D eigenvalue weighted by Gasteiger charge is -2.60. The maximum absolute atomic E-state index is 11.6. The van der Waals surface area contributed by atoms with Gasteiger partial charge in [0.2, 0.25) is 5.79 Å². The van der Waals surface area contributed by atoms with E-state index in [0.717, 1.165) is 25.7 Å².